The van der Waals surface area contributed by atoms with Crippen LogP contribution in [0.15, 0.2) is 65.6 Å². The smallest absolute Gasteiger partial charge is 0.175 e. The van der Waals surface area contributed by atoms with Gasteiger partial charge in [-0.2, -0.15) is 0 Å². The Morgan fingerprint density at radius 3 is 2.06 bits per heavy atom. The van der Waals surface area contributed by atoms with E-state index in [1.54, 1.807) is 42.5 Å². The van der Waals surface area contributed by atoms with Crippen LogP contribution in [0.25, 0.3) is 32.3 Å². The van der Waals surface area contributed by atoms with Crippen LogP contribution in [0.5, 0.6) is 5.75 Å². The van der Waals surface area contributed by atoms with Gasteiger partial charge < -0.3 is 4.74 Å². The minimum Gasteiger partial charge on any atom is -0.494 e. The highest BCUT2D eigenvalue weighted by Crippen LogP contribution is 2.45. The average Bonchev–Trinajstić information content (AvgIpc) is 3.18. The molecule has 1 aromatic heterocycles. The van der Waals surface area contributed by atoms with E-state index in [0.717, 1.165) is 21.0 Å². The van der Waals surface area contributed by atoms with E-state index < -0.39 is 9.84 Å². The molecule has 0 aliphatic rings. The van der Waals surface area contributed by atoms with E-state index >= 15 is 0 Å². The lowest BCUT2D eigenvalue weighted by atomic mass is 10.1. The standard InChI is InChI=1S/C23H16Cl3NO3S2/c1-30-21-18(25)11-14(12-19(21)26)20-22(13-7-9-15(10-8-13)32(2,28)29)31-23(27-20)16-5-3-4-6-17(16)24/h3-12H,1-2H3. The zero-order valence-corrected chi connectivity index (χ0v) is 20.8. The number of hydrogen-bond acceptors (Lipinski definition) is 5. The molecule has 4 nitrogen and oxygen atoms in total. The molecule has 0 atom stereocenters. The van der Waals surface area contributed by atoms with Crippen LogP contribution in [-0.4, -0.2) is 26.8 Å². The first-order chi connectivity index (χ1) is 15.2. The van der Waals surface area contributed by atoms with Crippen molar-refractivity contribution in [3.8, 4) is 38.0 Å². The number of ether oxygens (including phenoxy) is 1. The number of benzene rings is 3. The van der Waals surface area contributed by atoms with Crippen molar-refractivity contribution in [2.24, 2.45) is 0 Å². The van der Waals surface area contributed by atoms with E-state index in [2.05, 4.69) is 0 Å². The molecule has 9 heteroatoms. The topological polar surface area (TPSA) is 56.3 Å². The van der Waals surface area contributed by atoms with Gasteiger partial charge in [0.1, 0.15) is 5.01 Å². The van der Waals surface area contributed by atoms with E-state index in [4.69, 9.17) is 44.5 Å². The number of halogens is 3. The molecule has 0 aliphatic heterocycles. The number of thiazole rings is 1. The maximum atomic E-state index is 11.9. The number of aromatic nitrogens is 1. The summed E-state index contributed by atoms with van der Waals surface area (Å²) in [7, 11) is -1.80. The van der Waals surface area contributed by atoms with Gasteiger partial charge >= 0.3 is 0 Å². The molecule has 3 aromatic carbocycles. The first kappa shape index (κ1) is 23.1. The van der Waals surface area contributed by atoms with Crippen LogP contribution in [0, 0.1) is 0 Å². The number of sulfone groups is 1. The van der Waals surface area contributed by atoms with Crippen molar-refractivity contribution in [2.45, 2.75) is 4.90 Å². The molecule has 32 heavy (non-hydrogen) atoms. The second kappa shape index (κ2) is 9.04. The maximum Gasteiger partial charge on any atom is 0.175 e. The molecule has 0 amide bonds. The Morgan fingerprint density at radius 1 is 0.875 bits per heavy atom. The van der Waals surface area contributed by atoms with E-state index in [-0.39, 0.29) is 4.90 Å². The molecular formula is C23H16Cl3NO3S2. The van der Waals surface area contributed by atoms with E-state index in [0.29, 0.717) is 32.1 Å². The molecular weight excluding hydrogens is 509 g/mol. The molecule has 0 radical (unpaired) electrons. The van der Waals surface area contributed by atoms with Crippen LogP contribution >= 0.6 is 46.1 Å². The van der Waals surface area contributed by atoms with Gasteiger partial charge in [0.05, 0.1) is 37.6 Å². The highest BCUT2D eigenvalue weighted by atomic mass is 35.5. The lowest BCUT2D eigenvalue weighted by molar-refractivity contribution is 0.415. The molecule has 4 rings (SSSR count). The summed E-state index contributed by atoms with van der Waals surface area (Å²) in [6.45, 7) is 0. The summed E-state index contributed by atoms with van der Waals surface area (Å²) >= 11 is 20.6. The number of rotatable bonds is 5. The zero-order valence-electron chi connectivity index (χ0n) is 16.9. The summed E-state index contributed by atoms with van der Waals surface area (Å²) in [5.41, 5.74) is 2.97. The second-order valence-corrected chi connectivity index (χ2v) is 11.2. The summed E-state index contributed by atoms with van der Waals surface area (Å²) in [5.74, 6) is 0.387. The fraction of sp³-hybridized carbons (Fsp3) is 0.0870. The summed E-state index contributed by atoms with van der Waals surface area (Å²) in [6.07, 6.45) is 1.18. The minimum absolute atomic E-state index is 0.245. The van der Waals surface area contributed by atoms with Crippen molar-refractivity contribution < 1.29 is 13.2 Å². The number of hydrogen-bond donors (Lipinski definition) is 0. The summed E-state index contributed by atoms with van der Waals surface area (Å²) < 4.78 is 29.0. The molecule has 0 N–H and O–H groups in total. The molecule has 4 aromatic rings. The Hall–Kier alpha value is -2.09. The first-order valence-corrected chi connectivity index (χ1v) is 13.1. The molecule has 0 spiro atoms. The molecule has 0 fully saturated rings. The Labute approximate surface area is 205 Å². The average molecular weight is 525 g/mol. The van der Waals surface area contributed by atoms with Gasteiger partial charge in [-0.1, -0.05) is 65.1 Å². The van der Waals surface area contributed by atoms with E-state index in [9.17, 15) is 8.42 Å². The lowest BCUT2D eigenvalue weighted by Gasteiger charge is -2.09. The quantitative estimate of drug-likeness (QED) is 0.271. The Balaban J connectivity index is 1.93. The summed E-state index contributed by atoms with van der Waals surface area (Å²) in [5, 5.41) is 2.02. The SMILES string of the molecule is COc1c(Cl)cc(-c2nc(-c3ccccc3Cl)sc2-c2ccc(S(C)(=O)=O)cc2)cc1Cl. The van der Waals surface area contributed by atoms with E-state index in [1.165, 1.54) is 24.7 Å². The Bertz CT molecular complexity index is 1390. The van der Waals surface area contributed by atoms with Gasteiger partial charge in [-0.15, -0.1) is 11.3 Å². The molecule has 0 aliphatic carbocycles. The molecule has 164 valence electrons. The van der Waals surface area contributed by atoms with Gasteiger partial charge in [0, 0.05) is 17.4 Å². The molecule has 0 saturated carbocycles. The summed E-state index contributed by atoms with van der Waals surface area (Å²) in [6, 6.07) is 17.6. The van der Waals surface area contributed by atoms with Gasteiger partial charge in [-0.05, 0) is 35.9 Å². The molecule has 0 saturated heterocycles. The minimum atomic E-state index is -3.30. The fourth-order valence-electron chi connectivity index (χ4n) is 3.21. The number of nitrogens with zero attached hydrogens (tertiary/aromatic N) is 1. The van der Waals surface area contributed by atoms with Crippen molar-refractivity contribution in [1.29, 1.82) is 0 Å². The van der Waals surface area contributed by atoms with Crippen LogP contribution in [0.3, 0.4) is 0 Å². The normalized spacial score (nSPS) is 11.5. The largest absolute Gasteiger partial charge is 0.494 e. The predicted octanol–water partition coefficient (Wildman–Crippen LogP) is 7.52. The van der Waals surface area contributed by atoms with E-state index in [1.807, 2.05) is 18.2 Å². The van der Waals surface area contributed by atoms with Crippen molar-refractivity contribution in [3.05, 3.63) is 75.7 Å². The van der Waals surface area contributed by atoms with Crippen LogP contribution in [0.1, 0.15) is 0 Å². The fourth-order valence-corrected chi connectivity index (χ4v) is 5.89. The third kappa shape index (κ3) is 4.51. The van der Waals surface area contributed by atoms with Gasteiger partial charge in [0.2, 0.25) is 0 Å². The van der Waals surface area contributed by atoms with Gasteiger partial charge in [-0.25, -0.2) is 13.4 Å². The van der Waals surface area contributed by atoms with Gasteiger partial charge in [0.15, 0.2) is 15.6 Å². The van der Waals surface area contributed by atoms with Gasteiger partial charge in [-0.3, -0.25) is 0 Å². The third-order valence-corrected chi connectivity index (χ3v) is 7.91. The summed E-state index contributed by atoms with van der Waals surface area (Å²) in [4.78, 5) is 5.93. The van der Waals surface area contributed by atoms with Crippen molar-refractivity contribution in [2.75, 3.05) is 13.4 Å². The van der Waals surface area contributed by atoms with Crippen LogP contribution in [-0.2, 0) is 9.84 Å². The van der Waals surface area contributed by atoms with Crippen molar-refractivity contribution in [1.82, 2.24) is 4.98 Å². The monoisotopic (exact) mass is 523 g/mol. The molecule has 0 bridgehead atoms. The highest BCUT2D eigenvalue weighted by molar-refractivity contribution is 7.90. The Morgan fingerprint density at radius 2 is 1.50 bits per heavy atom. The van der Waals surface area contributed by atoms with Crippen LogP contribution < -0.4 is 4.74 Å². The second-order valence-electron chi connectivity index (χ2n) is 6.95. The Kier molecular flexibility index (Phi) is 6.52. The zero-order chi connectivity index (χ0) is 23.0. The van der Waals surface area contributed by atoms with Gasteiger partial charge in [0.25, 0.3) is 0 Å². The highest BCUT2D eigenvalue weighted by Gasteiger charge is 2.20. The lowest BCUT2D eigenvalue weighted by Crippen LogP contribution is -1.96. The van der Waals surface area contributed by atoms with Crippen molar-refractivity contribution >= 4 is 56.0 Å². The predicted molar refractivity (Wildman–Crippen MR) is 133 cm³/mol. The molecule has 0 unspecified atom stereocenters. The van der Waals surface area contributed by atoms with Crippen LogP contribution in [0.4, 0.5) is 0 Å². The number of methoxy groups -OCH3 is 1. The maximum absolute atomic E-state index is 11.9. The molecule has 1 heterocycles. The first-order valence-electron chi connectivity index (χ1n) is 9.28. The van der Waals surface area contributed by atoms with Crippen molar-refractivity contribution in [3.63, 3.8) is 0 Å². The van der Waals surface area contributed by atoms with Crippen LogP contribution in [0.2, 0.25) is 15.1 Å². The third-order valence-electron chi connectivity index (χ3n) is 4.75.